The van der Waals surface area contributed by atoms with Gasteiger partial charge in [-0.25, -0.2) is 9.98 Å². The molecule has 0 saturated heterocycles. The van der Waals surface area contributed by atoms with E-state index >= 15 is 0 Å². The van der Waals surface area contributed by atoms with Crippen LogP contribution >= 0.6 is 0 Å². The third-order valence-electron chi connectivity index (χ3n) is 12.5. The van der Waals surface area contributed by atoms with E-state index in [1.165, 1.54) is 38.9 Å². The van der Waals surface area contributed by atoms with Crippen molar-refractivity contribution in [2.75, 3.05) is 0 Å². The maximum atomic E-state index is 7.00. The molecule has 294 valence electrons. The molecule has 62 heavy (non-hydrogen) atoms. The number of aromatic nitrogens is 1. The molecule has 1 aliphatic heterocycles. The van der Waals surface area contributed by atoms with Crippen LogP contribution in [0.5, 0.6) is 0 Å². The van der Waals surface area contributed by atoms with E-state index in [1.807, 2.05) is 12.1 Å². The molecule has 2 unspecified atom stereocenters. The van der Waals surface area contributed by atoms with Crippen LogP contribution in [0.4, 0.5) is 0 Å². The summed E-state index contributed by atoms with van der Waals surface area (Å²) in [7, 11) is 0. The van der Waals surface area contributed by atoms with Gasteiger partial charge in [0.1, 0.15) is 17.6 Å². The minimum Gasteiger partial charge on any atom is -0.454 e. The zero-order chi connectivity index (χ0) is 41.0. The van der Waals surface area contributed by atoms with Gasteiger partial charge in [0.2, 0.25) is 0 Å². The van der Waals surface area contributed by atoms with Crippen LogP contribution in [-0.4, -0.2) is 16.2 Å². The molecule has 0 radical (unpaired) electrons. The molecule has 5 nitrogen and oxygen atoms in total. The molecule has 0 bridgehead atoms. The van der Waals surface area contributed by atoms with Crippen molar-refractivity contribution in [2.45, 2.75) is 18.5 Å². The van der Waals surface area contributed by atoms with Crippen LogP contribution in [0.15, 0.2) is 221 Å². The maximum absolute atomic E-state index is 7.00. The Hall–Kier alpha value is -8.02. The Balaban J connectivity index is 1.03. The molecule has 2 atom stereocenters. The van der Waals surface area contributed by atoms with Gasteiger partial charge in [-0.15, -0.1) is 0 Å². The molecule has 0 saturated carbocycles. The monoisotopic (exact) mass is 796 g/mol. The van der Waals surface area contributed by atoms with Gasteiger partial charge in [-0.2, -0.15) is 0 Å². The lowest BCUT2D eigenvalue weighted by Crippen LogP contribution is -2.33. The second-order valence-electron chi connectivity index (χ2n) is 16.1. The van der Waals surface area contributed by atoms with E-state index in [4.69, 9.17) is 14.4 Å². The van der Waals surface area contributed by atoms with Crippen LogP contribution in [0.2, 0.25) is 0 Å². The van der Waals surface area contributed by atoms with Crippen LogP contribution in [0.1, 0.15) is 45.6 Å². The average molecular weight is 797 g/mol. The van der Waals surface area contributed by atoms with Crippen molar-refractivity contribution >= 4 is 50.6 Å². The minimum atomic E-state index is -0.334. The van der Waals surface area contributed by atoms with E-state index in [1.54, 1.807) is 0 Å². The lowest BCUT2D eigenvalue weighted by atomic mass is 9.86. The number of aliphatic imine (C=N–C) groups is 2. The van der Waals surface area contributed by atoms with Gasteiger partial charge in [0.15, 0.2) is 11.4 Å². The highest BCUT2D eigenvalue weighted by Gasteiger charge is 2.28. The van der Waals surface area contributed by atoms with Crippen molar-refractivity contribution in [1.29, 1.82) is 0 Å². The van der Waals surface area contributed by atoms with Crippen LogP contribution < -0.4 is 5.32 Å². The molecule has 2 aliphatic rings. The number of nitrogens with zero attached hydrogens (tertiary/aromatic N) is 3. The molecule has 3 heterocycles. The number of rotatable bonds is 7. The third-order valence-corrected chi connectivity index (χ3v) is 12.5. The summed E-state index contributed by atoms with van der Waals surface area (Å²) in [6.45, 7) is 0. The zero-order valence-corrected chi connectivity index (χ0v) is 33.8. The maximum Gasteiger partial charge on any atom is 0.160 e. The van der Waals surface area contributed by atoms with Gasteiger partial charge >= 0.3 is 0 Å². The van der Waals surface area contributed by atoms with Crippen LogP contribution in [0.25, 0.3) is 66.9 Å². The summed E-state index contributed by atoms with van der Waals surface area (Å²) in [5.41, 5.74) is 15.3. The zero-order valence-electron chi connectivity index (χ0n) is 33.8. The first-order valence-electron chi connectivity index (χ1n) is 21.3. The predicted molar refractivity (Wildman–Crippen MR) is 255 cm³/mol. The Bertz CT molecular complexity index is 3380. The van der Waals surface area contributed by atoms with Crippen LogP contribution in [0.3, 0.4) is 0 Å². The third kappa shape index (κ3) is 6.17. The van der Waals surface area contributed by atoms with Crippen LogP contribution in [0, 0.1) is 0 Å². The molecule has 0 spiro atoms. The molecule has 0 fully saturated rings. The molecule has 8 aromatic carbocycles. The van der Waals surface area contributed by atoms with Gasteiger partial charge < -0.3 is 14.3 Å². The first-order chi connectivity index (χ1) is 30.7. The number of amidine groups is 2. The van der Waals surface area contributed by atoms with Gasteiger partial charge in [-0.3, -0.25) is 0 Å². The first-order valence-corrected chi connectivity index (χ1v) is 21.3. The quantitative estimate of drug-likeness (QED) is 0.175. The highest BCUT2D eigenvalue weighted by molar-refractivity contribution is 6.22. The number of hydrogen-bond donors (Lipinski definition) is 1. The van der Waals surface area contributed by atoms with Crippen molar-refractivity contribution in [3.05, 3.63) is 240 Å². The Morgan fingerprint density at radius 3 is 1.92 bits per heavy atom. The number of benzene rings is 8. The van der Waals surface area contributed by atoms with Crippen molar-refractivity contribution in [3.63, 3.8) is 0 Å². The normalized spacial score (nSPS) is 15.9. The molecule has 5 heteroatoms. The number of furan rings is 1. The Labute approximate surface area is 359 Å². The summed E-state index contributed by atoms with van der Waals surface area (Å²) >= 11 is 0. The number of allylic oxidation sites excluding steroid dienone is 1. The second-order valence-corrected chi connectivity index (χ2v) is 16.1. The molecule has 0 amide bonds. The van der Waals surface area contributed by atoms with E-state index < -0.39 is 0 Å². The van der Waals surface area contributed by atoms with Gasteiger partial charge in [0, 0.05) is 38.9 Å². The standard InChI is InChI=1S/C57H40N4O/c1-5-15-37(16-6-1)40-27-29-42(30-28-40)56-58-55(41-21-11-4-12-22-41)59-57(60-56)47-24-14-26-52-53(47)46-23-13-25-50(54(46)62-52)61-49-34-32-43(38-17-7-2-8-18-38)35-48(49)45-33-31-44(36-51(45)61)39-19-9-3-10-20-39/h1-34,36,43,55H,35H2,(H,58,59,60). The summed E-state index contributed by atoms with van der Waals surface area (Å²) in [6.07, 6.45) is 5.27. The molecule has 12 rings (SSSR count). The molecule has 1 aliphatic carbocycles. The summed E-state index contributed by atoms with van der Waals surface area (Å²) in [5.74, 6) is 1.72. The van der Waals surface area contributed by atoms with Crippen molar-refractivity contribution in [3.8, 4) is 27.9 Å². The molecule has 2 aromatic heterocycles. The summed E-state index contributed by atoms with van der Waals surface area (Å²) in [6, 6.07) is 70.6. The Morgan fingerprint density at radius 2 is 1.18 bits per heavy atom. The second kappa shape index (κ2) is 14.9. The summed E-state index contributed by atoms with van der Waals surface area (Å²) < 4.78 is 9.42. The minimum absolute atomic E-state index is 0.291. The first kappa shape index (κ1) is 35.9. The van der Waals surface area contributed by atoms with E-state index in [0.717, 1.165) is 67.7 Å². The topological polar surface area (TPSA) is 54.8 Å². The highest BCUT2D eigenvalue weighted by atomic mass is 16.3. The lowest BCUT2D eigenvalue weighted by Gasteiger charge is -2.24. The number of nitrogens with one attached hydrogen (secondary N) is 1. The predicted octanol–water partition coefficient (Wildman–Crippen LogP) is 13.7. The number of fused-ring (bicyclic) bond motifs is 6. The van der Waals surface area contributed by atoms with E-state index in [2.05, 4.69) is 210 Å². The van der Waals surface area contributed by atoms with Crippen LogP contribution in [-0.2, 0) is 6.42 Å². The van der Waals surface area contributed by atoms with Gasteiger partial charge in [0.05, 0.1) is 11.2 Å². The number of para-hydroxylation sites is 1. The fourth-order valence-corrected chi connectivity index (χ4v) is 9.43. The lowest BCUT2D eigenvalue weighted by molar-refractivity contribution is 0.665. The van der Waals surface area contributed by atoms with E-state index in [9.17, 15) is 0 Å². The Morgan fingerprint density at radius 1 is 0.548 bits per heavy atom. The molecular weight excluding hydrogens is 757 g/mol. The average Bonchev–Trinajstić information content (AvgIpc) is 3.90. The fraction of sp³-hybridized carbons (Fsp3) is 0.0526. The fourth-order valence-electron chi connectivity index (χ4n) is 9.43. The summed E-state index contributed by atoms with van der Waals surface area (Å²) in [5, 5.41) is 6.93. The largest absolute Gasteiger partial charge is 0.454 e. The number of hydrogen-bond acceptors (Lipinski definition) is 4. The SMILES string of the molecule is C1=CC(c2ccccc2)Cc2c1n(-c1cccc3c1oc1cccc(C4=NC(c5ccccc5)NC(c5ccc(-c6ccccc6)cc5)=N4)c13)c1cc(-c3ccccc3)ccc21. The smallest absolute Gasteiger partial charge is 0.160 e. The molecule has 10 aromatic rings. The van der Waals surface area contributed by atoms with Gasteiger partial charge in [0.25, 0.3) is 0 Å². The van der Waals surface area contributed by atoms with E-state index in [-0.39, 0.29) is 6.17 Å². The molecule has 1 N–H and O–H groups in total. The van der Waals surface area contributed by atoms with E-state index in [0.29, 0.717) is 11.8 Å². The summed E-state index contributed by atoms with van der Waals surface area (Å²) in [4.78, 5) is 10.6. The van der Waals surface area contributed by atoms with Crippen molar-refractivity contribution in [2.24, 2.45) is 9.98 Å². The van der Waals surface area contributed by atoms with Gasteiger partial charge in [-0.1, -0.05) is 188 Å². The van der Waals surface area contributed by atoms with Crippen molar-refractivity contribution in [1.82, 2.24) is 9.88 Å². The molecular formula is C57H40N4O. The highest BCUT2D eigenvalue weighted by Crippen LogP contribution is 2.43. The van der Waals surface area contributed by atoms with Gasteiger partial charge in [-0.05, 0) is 69.6 Å². The Kier molecular flexibility index (Phi) is 8.63. The van der Waals surface area contributed by atoms with Crippen molar-refractivity contribution < 1.29 is 4.42 Å².